The van der Waals surface area contributed by atoms with Crippen LogP contribution >= 0.6 is 0 Å². The lowest BCUT2D eigenvalue weighted by Gasteiger charge is -1.98. The van der Waals surface area contributed by atoms with Gasteiger partial charge in [0.2, 0.25) is 0 Å². The average Bonchev–Trinajstić information content (AvgIpc) is 3.12. The molecule has 5 aromatic rings. The van der Waals surface area contributed by atoms with Crippen molar-refractivity contribution in [3.63, 3.8) is 0 Å². The molecule has 0 atom stereocenters. The average molecular weight is 281 g/mol. The molecule has 0 radical (unpaired) electrons. The standard InChI is InChI=1S/C19H11N3/c20-10-11-9-14-12-5-1-3-7-15(12)21-18(14)19-17(11)13-6-2-4-8-16(13)22-19/h1-9,21-22H. The minimum absolute atomic E-state index is 0.713. The van der Waals surface area contributed by atoms with Crippen molar-refractivity contribution in [3.05, 3.63) is 60.2 Å². The number of aromatic amines is 2. The van der Waals surface area contributed by atoms with E-state index in [0.717, 1.165) is 43.6 Å². The molecule has 3 aromatic carbocycles. The van der Waals surface area contributed by atoms with Crippen molar-refractivity contribution >= 4 is 43.6 Å². The minimum Gasteiger partial charge on any atom is -0.353 e. The zero-order valence-corrected chi connectivity index (χ0v) is 11.6. The Bertz CT molecular complexity index is 1230. The van der Waals surface area contributed by atoms with Gasteiger partial charge in [-0.3, -0.25) is 0 Å². The first kappa shape index (κ1) is 11.4. The highest BCUT2D eigenvalue weighted by Gasteiger charge is 2.15. The summed E-state index contributed by atoms with van der Waals surface area (Å²) in [7, 11) is 0. The van der Waals surface area contributed by atoms with Crippen molar-refractivity contribution in [2.75, 3.05) is 0 Å². The number of H-pyrrole nitrogens is 2. The molecule has 0 unspecified atom stereocenters. The number of rotatable bonds is 0. The third-order valence-electron chi connectivity index (χ3n) is 4.38. The van der Waals surface area contributed by atoms with E-state index in [4.69, 9.17) is 0 Å². The summed E-state index contributed by atoms with van der Waals surface area (Å²) < 4.78 is 0. The molecule has 3 heteroatoms. The molecule has 102 valence electrons. The monoisotopic (exact) mass is 281 g/mol. The smallest absolute Gasteiger partial charge is 0.0999 e. The molecular formula is C19H11N3. The second-order valence-corrected chi connectivity index (χ2v) is 5.55. The Morgan fingerprint density at radius 3 is 2.14 bits per heavy atom. The first-order valence-corrected chi connectivity index (χ1v) is 7.21. The zero-order valence-electron chi connectivity index (χ0n) is 11.6. The highest BCUT2D eigenvalue weighted by Crippen LogP contribution is 2.36. The van der Waals surface area contributed by atoms with Crippen LogP contribution in [0.3, 0.4) is 0 Å². The maximum atomic E-state index is 9.61. The second-order valence-electron chi connectivity index (χ2n) is 5.55. The lowest BCUT2D eigenvalue weighted by Crippen LogP contribution is -1.79. The van der Waals surface area contributed by atoms with Crippen molar-refractivity contribution in [1.29, 1.82) is 5.26 Å². The van der Waals surface area contributed by atoms with E-state index in [0.29, 0.717) is 5.56 Å². The van der Waals surface area contributed by atoms with E-state index in [2.05, 4.69) is 34.2 Å². The predicted octanol–water partition coefficient (Wildman–Crippen LogP) is 4.83. The van der Waals surface area contributed by atoms with Crippen molar-refractivity contribution in [2.24, 2.45) is 0 Å². The largest absolute Gasteiger partial charge is 0.353 e. The number of para-hydroxylation sites is 2. The van der Waals surface area contributed by atoms with Crippen LogP contribution in [0.5, 0.6) is 0 Å². The molecular weight excluding hydrogens is 270 g/mol. The Kier molecular flexibility index (Phi) is 2.02. The van der Waals surface area contributed by atoms with E-state index >= 15 is 0 Å². The molecule has 2 heterocycles. The fraction of sp³-hybridized carbons (Fsp3) is 0. The number of fused-ring (bicyclic) bond motifs is 7. The Balaban J connectivity index is 2.15. The van der Waals surface area contributed by atoms with Crippen LogP contribution in [0.4, 0.5) is 0 Å². The number of hydrogen-bond donors (Lipinski definition) is 2. The molecule has 0 saturated carbocycles. The summed E-state index contributed by atoms with van der Waals surface area (Å²) in [5.74, 6) is 0. The number of nitrogens with zero attached hydrogens (tertiary/aromatic N) is 1. The minimum atomic E-state index is 0.713. The van der Waals surface area contributed by atoms with Gasteiger partial charge in [-0.2, -0.15) is 5.26 Å². The summed E-state index contributed by atoms with van der Waals surface area (Å²) in [6, 6.07) is 20.7. The summed E-state index contributed by atoms with van der Waals surface area (Å²) in [6.07, 6.45) is 0. The fourth-order valence-electron chi connectivity index (χ4n) is 3.42. The summed E-state index contributed by atoms with van der Waals surface area (Å²) in [4.78, 5) is 6.97. The summed E-state index contributed by atoms with van der Waals surface area (Å²) in [6.45, 7) is 0. The number of benzene rings is 3. The third-order valence-corrected chi connectivity index (χ3v) is 4.38. The molecule has 22 heavy (non-hydrogen) atoms. The molecule has 2 aromatic heterocycles. The molecule has 0 fully saturated rings. The summed E-state index contributed by atoms with van der Waals surface area (Å²) >= 11 is 0. The van der Waals surface area contributed by atoms with E-state index < -0.39 is 0 Å². The maximum Gasteiger partial charge on any atom is 0.0999 e. The molecule has 0 amide bonds. The van der Waals surface area contributed by atoms with Crippen LogP contribution in [0.2, 0.25) is 0 Å². The number of nitrogens with one attached hydrogen (secondary N) is 2. The van der Waals surface area contributed by atoms with Gasteiger partial charge in [0.1, 0.15) is 0 Å². The van der Waals surface area contributed by atoms with Gasteiger partial charge in [0.15, 0.2) is 0 Å². The van der Waals surface area contributed by atoms with Gasteiger partial charge in [0.25, 0.3) is 0 Å². The van der Waals surface area contributed by atoms with Gasteiger partial charge in [-0.1, -0.05) is 36.4 Å². The highest BCUT2D eigenvalue weighted by molar-refractivity contribution is 6.23. The molecule has 3 nitrogen and oxygen atoms in total. The van der Waals surface area contributed by atoms with Gasteiger partial charge in [-0.15, -0.1) is 0 Å². The Morgan fingerprint density at radius 2 is 1.36 bits per heavy atom. The number of nitriles is 1. The molecule has 5 rings (SSSR count). The van der Waals surface area contributed by atoms with Gasteiger partial charge >= 0.3 is 0 Å². The molecule has 0 bridgehead atoms. The van der Waals surface area contributed by atoms with Gasteiger partial charge in [0.05, 0.1) is 22.7 Å². The summed E-state index contributed by atoms with van der Waals surface area (Å²) in [5.41, 5.74) is 4.93. The van der Waals surface area contributed by atoms with Crippen molar-refractivity contribution < 1.29 is 0 Å². The third kappa shape index (κ3) is 1.29. The van der Waals surface area contributed by atoms with E-state index in [-0.39, 0.29) is 0 Å². The Morgan fingerprint density at radius 1 is 0.727 bits per heavy atom. The first-order valence-electron chi connectivity index (χ1n) is 7.21. The number of aromatic nitrogens is 2. The molecule has 2 N–H and O–H groups in total. The van der Waals surface area contributed by atoms with Gasteiger partial charge < -0.3 is 9.97 Å². The topological polar surface area (TPSA) is 55.4 Å². The van der Waals surface area contributed by atoms with Crippen molar-refractivity contribution in [2.45, 2.75) is 0 Å². The van der Waals surface area contributed by atoms with Crippen molar-refractivity contribution in [1.82, 2.24) is 9.97 Å². The van der Waals surface area contributed by atoms with E-state index in [1.54, 1.807) is 0 Å². The normalized spacial score (nSPS) is 11.6. The quantitative estimate of drug-likeness (QED) is 0.420. The lowest BCUT2D eigenvalue weighted by atomic mass is 10.0. The fourth-order valence-corrected chi connectivity index (χ4v) is 3.42. The van der Waals surface area contributed by atoms with Crippen LogP contribution in [0, 0.1) is 11.3 Å². The van der Waals surface area contributed by atoms with Gasteiger partial charge in [-0.25, -0.2) is 0 Å². The molecule has 0 aliphatic rings. The molecule has 0 spiro atoms. The molecule has 0 saturated heterocycles. The van der Waals surface area contributed by atoms with Crippen LogP contribution in [0.1, 0.15) is 5.56 Å². The Hall–Kier alpha value is -3.25. The second kappa shape index (κ2) is 3.90. The van der Waals surface area contributed by atoms with E-state index in [1.165, 1.54) is 0 Å². The molecule has 0 aliphatic carbocycles. The van der Waals surface area contributed by atoms with Gasteiger partial charge in [-0.05, 0) is 18.2 Å². The first-order chi connectivity index (χ1) is 10.9. The van der Waals surface area contributed by atoms with E-state index in [9.17, 15) is 5.26 Å². The van der Waals surface area contributed by atoms with Crippen LogP contribution in [0.25, 0.3) is 43.6 Å². The number of hydrogen-bond acceptors (Lipinski definition) is 1. The van der Waals surface area contributed by atoms with Gasteiger partial charge in [0, 0.05) is 32.6 Å². The summed E-state index contributed by atoms with van der Waals surface area (Å²) in [5, 5.41) is 13.9. The zero-order chi connectivity index (χ0) is 14.7. The van der Waals surface area contributed by atoms with E-state index in [1.807, 2.05) is 36.4 Å². The SMILES string of the molecule is N#Cc1cc2c3ccccc3[nH]c2c2[nH]c3ccccc3c12. The van der Waals surface area contributed by atoms with Crippen LogP contribution in [-0.4, -0.2) is 9.97 Å². The maximum absolute atomic E-state index is 9.61. The van der Waals surface area contributed by atoms with Crippen LogP contribution in [0.15, 0.2) is 54.6 Å². The predicted molar refractivity (Wildman–Crippen MR) is 89.9 cm³/mol. The van der Waals surface area contributed by atoms with Crippen LogP contribution in [-0.2, 0) is 0 Å². The van der Waals surface area contributed by atoms with Crippen molar-refractivity contribution in [3.8, 4) is 6.07 Å². The Labute approximate surface area is 125 Å². The highest BCUT2D eigenvalue weighted by atomic mass is 14.8. The van der Waals surface area contributed by atoms with Crippen LogP contribution < -0.4 is 0 Å². The molecule has 0 aliphatic heterocycles. The lowest BCUT2D eigenvalue weighted by molar-refractivity contribution is 1.50.